The number of hydrogen-bond donors (Lipinski definition) is 3. The van der Waals surface area contributed by atoms with E-state index in [1.165, 1.54) is 0 Å². The smallest absolute Gasteiger partial charge is 0.173 e. The zero-order chi connectivity index (χ0) is 17.7. The molecule has 0 saturated carbocycles. The molecule has 0 aliphatic carbocycles. The largest absolute Gasteiger partial charge is 0.508 e. The first-order valence-electron chi connectivity index (χ1n) is 7.70. The minimum atomic E-state index is -0.753. The van der Waals surface area contributed by atoms with Crippen LogP contribution in [0.5, 0.6) is 5.75 Å². The molecule has 0 radical (unpaired) electrons. The second kappa shape index (κ2) is 8.33. The molecular weight excluding hydrogens is 344 g/mol. The lowest BCUT2D eigenvalue weighted by molar-refractivity contribution is 0.146. The molecule has 6 heteroatoms. The fourth-order valence-electron chi connectivity index (χ4n) is 2.34. The average molecular weight is 365 g/mol. The molecule has 3 N–H and O–H groups in total. The van der Waals surface area contributed by atoms with Crippen molar-refractivity contribution in [2.75, 3.05) is 18.4 Å². The number of hydrogen-bond acceptors (Lipinski definition) is 3. The van der Waals surface area contributed by atoms with Crippen LogP contribution in [0.3, 0.4) is 0 Å². The van der Waals surface area contributed by atoms with Crippen molar-refractivity contribution in [3.8, 4) is 5.75 Å². The van der Waals surface area contributed by atoms with E-state index in [4.69, 9.17) is 23.8 Å². The molecule has 0 aliphatic rings. The van der Waals surface area contributed by atoms with Crippen molar-refractivity contribution in [3.63, 3.8) is 0 Å². The van der Waals surface area contributed by atoms with Crippen LogP contribution < -0.4 is 5.32 Å². The van der Waals surface area contributed by atoms with Gasteiger partial charge in [-0.2, -0.15) is 0 Å². The Balaban J connectivity index is 2.07. The molecule has 0 aliphatic heterocycles. The van der Waals surface area contributed by atoms with E-state index >= 15 is 0 Å². The molecule has 1 unspecified atom stereocenters. The quantitative estimate of drug-likeness (QED) is 0.697. The Labute approximate surface area is 152 Å². The van der Waals surface area contributed by atoms with Gasteiger partial charge in [0.15, 0.2) is 5.11 Å². The molecule has 0 heterocycles. The van der Waals surface area contributed by atoms with Crippen molar-refractivity contribution in [3.05, 3.63) is 58.6 Å². The molecule has 128 valence electrons. The van der Waals surface area contributed by atoms with Gasteiger partial charge in [0, 0.05) is 17.3 Å². The van der Waals surface area contributed by atoms with E-state index < -0.39 is 6.10 Å². The highest BCUT2D eigenvalue weighted by Crippen LogP contribution is 2.24. The zero-order valence-corrected chi connectivity index (χ0v) is 15.2. The van der Waals surface area contributed by atoms with Crippen LogP contribution in [-0.4, -0.2) is 33.3 Å². The Kier molecular flexibility index (Phi) is 6.43. The maximum absolute atomic E-state index is 10.4. The van der Waals surface area contributed by atoms with Gasteiger partial charge in [0.25, 0.3) is 0 Å². The van der Waals surface area contributed by atoms with Gasteiger partial charge in [-0.3, -0.25) is 0 Å². The Morgan fingerprint density at radius 1 is 1.29 bits per heavy atom. The lowest BCUT2D eigenvalue weighted by Gasteiger charge is -2.27. The number of nitrogens with zero attached hydrogens (tertiary/aromatic N) is 1. The summed E-state index contributed by atoms with van der Waals surface area (Å²) < 4.78 is 0. The highest BCUT2D eigenvalue weighted by Gasteiger charge is 2.16. The number of rotatable bonds is 5. The number of halogens is 1. The maximum atomic E-state index is 10.4. The first-order valence-corrected chi connectivity index (χ1v) is 8.49. The summed E-state index contributed by atoms with van der Waals surface area (Å²) in [7, 11) is 0. The molecule has 24 heavy (non-hydrogen) atoms. The highest BCUT2D eigenvalue weighted by atomic mass is 35.5. The summed E-state index contributed by atoms with van der Waals surface area (Å²) in [5, 5.41) is 24.3. The van der Waals surface area contributed by atoms with Crippen molar-refractivity contribution in [1.82, 2.24) is 4.90 Å². The van der Waals surface area contributed by atoms with Crippen molar-refractivity contribution in [1.29, 1.82) is 0 Å². The van der Waals surface area contributed by atoms with E-state index in [0.717, 1.165) is 11.3 Å². The number of likely N-dealkylation sites (N-methyl/N-ethyl adjacent to an activating group) is 1. The molecule has 2 aromatic rings. The highest BCUT2D eigenvalue weighted by molar-refractivity contribution is 7.80. The lowest BCUT2D eigenvalue weighted by atomic mass is 10.1. The Hall–Kier alpha value is -1.82. The van der Waals surface area contributed by atoms with Crippen LogP contribution in [0.1, 0.15) is 24.2 Å². The molecule has 1 atom stereocenters. The minimum absolute atomic E-state index is 0.129. The molecular formula is C18H21ClN2O2S. The van der Waals surface area contributed by atoms with Crippen molar-refractivity contribution >= 4 is 34.6 Å². The molecule has 2 rings (SSSR count). The van der Waals surface area contributed by atoms with E-state index in [0.29, 0.717) is 28.8 Å². The van der Waals surface area contributed by atoms with Crippen LogP contribution >= 0.6 is 23.8 Å². The second-order valence-corrected chi connectivity index (χ2v) is 6.29. The lowest BCUT2D eigenvalue weighted by Crippen LogP contribution is -2.37. The van der Waals surface area contributed by atoms with E-state index in [1.54, 1.807) is 24.3 Å². The Bertz CT molecular complexity index is 724. The van der Waals surface area contributed by atoms with E-state index in [9.17, 15) is 10.2 Å². The van der Waals surface area contributed by atoms with Crippen LogP contribution in [0, 0.1) is 6.92 Å². The number of aliphatic hydroxyl groups excluding tert-OH is 1. The third-order valence-corrected chi connectivity index (χ3v) is 4.60. The van der Waals surface area contributed by atoms with E-state index in [1.807, 2.05) is 36.9 Å². The van der Waals surface area contributed by atoms with Crippen LogP contribution in [-0.2, 0) is 0 Å². The first-order chi connectivity index (χ1) is 11.4. The van der Waals surface area contributed by atoms with Gasteiger partial charge >= 0.3 is 0 Å². The van der Waals surface area contributed by atoms with Crippen LogP contribution in [0.15, 0.2) is 42.5 Å². The number of thiocarbonyl (C=S) groups is 1. The van der Waals surface area contributed by atoms with Gasteiger partial charge in [0.2, 0.25) is 0 Å². The maximum Gasteiger partial charge on any atom is 0.173 e. The van der Waals surface area contributed by atoms with E-state index in [-0.39, 0.29) is 5.75 Å². The fourth-order valence-corrected chi connectivity index (χ4v) is 2.83. The van der Waals surface area contributed by atoms with Gasteiger partial charge < -0.3 is 20.4 Å². The predicted octanol–water partition coefficient (Wildman–Crippen LogP) is 4.11. The monoisotopic (exact) mass is 364 g/mol. The number of phenols is 1. The van der Waals surface area contributed by atoms with Gasteiger partial charge in [-0.05, 0) is 61.5 Å². The van der Waals surface area contributed by atoms with Gasteiger partial charge in [0.1, 0.15) is 5.75 Å². The average Bonchev–Trinajstić information content (AvgIpc) is 2.56. The van der Waals surface area contributed by atoms with Crippen molar-refractivity contribution in [2.45, 2.75) is 20.0 Å². The summed E-state index contributed by atoms with van der Waals surface area (Å²) >= 11 is 11.6. The van der Waals surface area contributed by atoms with Crippen molar-refractivity contribution in [2.24, 2.45) is 0 Å². The number of nitrogens with one attached hydrogen (secondary N) is 1. The molecule has 0 fully saturated rings. The summed E-state index contributed by atoms with van der Waals surface area (Å²) in [5.41, 5.74) is 2.42. The van der Waals surface area contributed by atoms with Crippen LogP contribution in [0.4, 0.5) is 5.69 Å². The standard InChI is InChI=1S/C18H21ClN2O2S/c1-3-21(11-17(23)13-6-4-7-14(22)10-13)18(24)20-16-9-5-8-15(19)12(16)2/h4-10,17,22-23H,3,11H2,1-2H3,(H,20,24). The van der Waals surface area contributed by atoms with Crippen LogP contribution in [0.25, 0.3) is 0 Å². The number of anilines is 1. The molecule has 0 spiro atoms. The molecule has 0 amide bonds. The summed E-state index contributed by atoms with van der Waals surface area (Å²) in [5.74, 6) is 0.129. The molecule has 0 bridgehead atoms. The summed E-state index contributed by atoms with van der Waals surface area (Å²) in [6.45, 7) is 4.85. The van der Waals surface area contributed by atoms with Gasteiger partial charge in [-0.25, -0.2) is 0 Å². The van der Waals surface area contributed by atoms with Gasteiger partial charge in [-0.15, -0.1) is 0 Å². The summed E-state index contributed by atoms with van der Waals surface area (Å²) in [6, 6.07) is 12.2. The zero-order valence-electron chi connectivity index (χ0n) is 13.7. The van der Waals surface area contributed by atoms with Crippen molar-refractivity contribution < 1.29 is 10.2 Å². The molecule has 0 aromatic heterocycles. The molecule has 2 aromatic carbocycles. The predicted molar refractivity (Wildman–Crippen MR) is 103 cm³/mol. The van der Waals surface area contributed by atoms with Gasteiger partial charge in [-0.1, -0.05) is 29.8 Å². The number of benzene rings is 2. The second-order valence-electron chi connectivity index (χ2n) is 5.49. The summed E-state index contributed by atoms with van der Waals surface area (Å²) in [6.07, 6.45) is -0.753. The Morgan fingerprint density at radius 2 is 2.00 bits per heavy atom. The fraction of sp³-hybridized carbons (Fsp3) is 0.278. The number of phenolic OH excluding ortho intramolecular Hbond substituents is 1. The normalized spacial score (nSPS) is 11.8. The summed E-state index contributed by atoms with van der Waals surface area (Å²) in [4.78, 5) is 1.87. The number of aromatic hydroxyl groups is 1. The first kappa shape index (κ1) is 18.5. The Morgan fingerprint density at radius 3 is 2.67 bits per heavy atom. The topological polar surface area (TPSA) is 55.7 Å². The molecule has 0 saturated heterocycles. The number of aliphatic hydroxyl groups is 1. The minimum Gasteiger partial charge on any atom is -0.508 e. The molecule has 4 nitrogen and oxygen atoms in total. The SMILES string of the molecule is CCN(CC(O)c1cccc(O)c1)C(=S)Nc1cccc(Cl)c1C. The third kappa shape index (κ3) is 4.60. The van der Waals surface area contributed by atoms with Crippen LogP contribution in [0.2, 0.25) is 5.02 Å². The third-order valence-electron chi connectivity index (χ3n) is 3.83. The van der Waals surface area contributed by atoms with Gasteiger partial charge in [0.05, 0.1) is 12.6 Å². The van der Waals surface area contributed by atoms with E-state index in [2.05, 4.69) is 5.32 Å².